The number of amides is 1. The maximum atomic E-state index is 13.9. The van der Waals surface area contributed by atoms with E-state index in [1.165, 1.54) is 0 Å². The average Bonchev–Trinajstić information content (AvgIpc) is 2.98. The van der Waals surface area contributed by atoms with Gasteiger partial charge in [0.1, 0.15) is 22.8 Å². The Balaban J connectivity index is 1.99. The van der Waals surface area contributed by atoms with Crippen LogP contribution in [-0.4, -0.2) is 12.5 Å². The summed E-state index contributed by atoms with van der Waals surface area (Å²) in [6.07, 6.45) is 0.701. The van der Waals surface area contributed by atoms with Crippen molar-refractivity contribution in [1.29, 1.82) is 5.26 Å². The van der Waals surface area contributed by atoms with E-state index in [2.05, 4.69) is 0 Å². The van der Waals surface area contributed by atoms with Gasteiger partial charge in [0.2, 0.25) is 11.8 Å². The molecule has 2 aliphatic heterocycles. The van der Waals surface area contributed by atoms with Gasteiger partial charge in [-0.2, -0.15) is 5.26 Å². The van der Waals surface area contributed by atoms with E-state index in [1.54, 1.807) is 47.4 Å². The zero-order valence-electron chi connectivity index (χ0n) is 16.1. The number of para-hydroxylation sites is 2. The molecule has 0 aliphatic carbocycles. The zero-order valence-corrected chi connectivity index (χ0v) is 16.1. The molecule has 2 N–H and O–H groups in total. The van der Waals surface area contributed by atoms with Crippen LogP contribution in [0.15, 0.2) is 69.2 Å². The Morgan fingerprint density at radius 2 is 1.87 bits per heavy atom. The van der Waals surface area contributed by atoms with Gasteiger partial charge in [0, 0.05) is 17.8 Å². The molecule has 0 saturated heterocycles. The molecule has 7 heteroatoms. The number of carbonyl (C=O) groups is 1. The zero-order chi connectivity index (χ0) is 21.0. The molecule has 2 aromatic carbocycles. The van der Waals surface area contributed by atoms with Crippen LogP contribution in [0.1, 0.15) is 24.5 Å². The van der Waals surface area contributed by atoms with Crippen molar-refractivity contribution in [3.63, 3.8) is 0 Å². The van der Waals surface area contributed by atoms with Crippen molar-refractivity contribution in [3.8, 4) is 11.8 Å². The number of nitrogens with zero attached hydrogens (tertiary/aromatic N) is 2. The highest BCUT2D eigenvalue weighted by Gasteiger charge is 2.61. The van der Waals surface area contributed by atoms with Gasteiger partial charge in [-0.05, 0) is 24.6 Å². The predicted molar refractivity (Wildman–Crippen MR) is 110 cm³/mol. The number of benzene rings is 2. The lowest BCUT2D eigenvalue weighted by atomic mass is 9.69. The molecule has 0 saturated carbocycles. The monoisotopic (exact) mass is 399 g/mol. The van der Waals surface area contributed by atoms with Crippen LogP contribution >= 0.6 is 0 Å². The molecule has 148 valence electrons. The summed E-state index contributed by atoms with van der Waals surface area (Å²) in [4.78, 5) is 28.8. The van der Waals surface area contributed by atoms with Crippen molar-refractivity contribution in [2.75, 3.05) is 11.4 Å². The summed E-state index contributed by atoms with van der Waals surface area (Å²) < 4.78 is 11.3. The quantitative estimate of drug-likeness (QED) is 0.664. The van der Waals surface area contributed by atoms with E-state index in [0.29, 0.717) is 35.2 Å². The van der Waals surface area contributed by atoms with Gasteiger partial charge < -0.3 is 19.8 Å². The molecule has 2 aliphatic rings. The minimum Gasteiger partial charge on any atom is -0.439 e. The number of anilines is 1. The van der Waals surface area contributed by atoms with Crippen LogP contribution in [0.4, 0.5) is 5.69 Å². The lowest BCUT2D eigenvalue weighted by molar-refractivity contribution is -0.121. The molecule has 0 radical (unpaired) electrons. The van der Waals surface area contributed by atoms with E-state index in [9.17, 15) is 14.9 Å². The van der Waals surface area contributed by atoms with E-state index < -0.39 is 16.9 Å². The maximum absolute atomic E-state index is 13.9. The molecule has 3 heterocycles. The number of fused-ring (bicyclic) bond motifs is 6. The highest BCUT2D eigenvalue weighted by atomic mass is 16.5. The molecule has 1 unspecified atom stereocenters. The highest BCUT2D eigenvalue weighted by Crippen LogP contribution is 2.55. The molecule has 5 rings (SSSR count). The van der Waals surface area contributed by atoms with Crippen LogP contribution in [-0.2, 0) is 10.2 Å². The smallest absolute Gasteiger partial charge is 0.345 e. The Labute approximate surface area is 171 Å². The number of ether oxygens (including phenoxy) is 1. The van der Waals surface area contributed by atoms with E-state index in [1.807, 2.05) is 19.1 Å². The van der Waals surface area contributed by atoms with Crippen LogP contribution in [0.5, 0.6) is 5.75 Å². The van der Waals surface area contributed by atoms with Gasteiger partial charge >= 0.3 is 5.63 Å². The van der Waals surface area contributed by atoms with E-state index in [4.69, 9.17) is 14.9 Å². The first kappa shape index (κ1) is 18.0. The maximum Gasteiger partial charge on any atom is 0.345 e. The fourth-order valence-corrected chi connectivity index (χ4v) is 4.54. The van der Waals surface area contributed by atoms with Gasteiger partial charge in [0.15, 0.2) is 11.2 Å². The Hall–Kier alpha value is -4.05. The third-order valence-corrected chi connectivity index (χ3v) is 5.70. The Morgan fingerprint density at radius 1 is 1.13 bits per heavy atom. The summed E-state index contributed by atoms with van der Waals surface area (Å²) in [5, 5.41) is 10.5. The van der Waals surface area contributed by atoms with Gasteiger partial charge in [-0.1, -0.05) is 37.3 Å². The van der Waals surface area contributed by atoms with E-state index in [0.717, 1.165) is 0 Å². The normalized spacial score (nSPS) is 19.6. The topological polar surface area (TPSA) is 110 Å². The van der Waals surface area contributed by atoms with Gasteiger partial charge in [-0.15, -0.1) is 0 Å². The number of hydrogen-bond acceptors (Lipinski definition) is 6. The van der Waals surface area contributed by atoms with Crippen molar-refractivity contribution in [2.24, 2.45) is 5.73 Å². The third-order valence-electron chi connectivity index (χ3n) is 5.70. The number of hydrogen-bond donors (Lipinski definition) is 1. The SMILES string of the molecule is CCCN1C(=O)C2(C(C#N)=C(N)Oc3c2c(=O)oc2ccccc32)c2ccccc21. The van der Waals surface area contributed by atoms with Crippen LogP contribution < -0.4 is 21.0 Å². The van der Waals surface area contributed by atoms with Crippen molar-refractivity contribution in [2.45, 2.75) is 18.8 Å². The molecule has 3 aromatic rings. The van der Waals surface area contributed by atoms with Crippen LogP contribution in [0, 0.1) is 11.3 Å². The van der Waals surface area contributed by atoms with Crippen molar-refractivity contribution in [3.05, 3.63) is 81.5 Å². The first-order valence-corrected chi connectivity index (χ1v) is 9.61. The lowest BCUT2D eigenvalue weighted by Crippen LogP contribution is -2.48. The summed E-state index contributed by atoms with van der Waals surface area (Å²) >= 11 is 0. The van der Waals surface area contributed by atoms with Gasteiger partial charge in [0.25, 0.3) is 0 Å². The first-order valence-electron chi connectivity index (χ1n) is 9.61. The number of carbonyl (C=O) groups excluding carboxylic acids is 1. The highest BCUT2D eigenvalue weighted by molar-refractivity contribution is 6.14. The van der Waals surface area contributed by atoms with Crippen molar-refractivity contribution in [1.82, 2.24) is 0 Å². The molecule has 0 fully saturated rings. The van der Waals surface area contributed by atoms with Gasteiger partial charge in [-0.25, -0.2) is 4.79 Å². The van der Waals surface area contributed by atoms with E-state index >= 15 is 0 Å². The van der Waals surface area contributed by atoms with Crippen LogP contribution in [0.25, 0.3) is 11.0 Å². The standard InChI is InChI=1S/C23H17N3O4/c1-2-11-26-16-9-5-4-8-14(16)23(22(26)28)15(12-24)20(25)30-19-13-7-3-6-10-17(13)29-21(27)18(19)23/h3-10H,2,11,25H2,1H3. The Bertz CT molecular complexity index is 1360. The molecular formula is C23H17N3O4. The predicted octanol–water partition coefficient (Wildman–Crippen LogP) is 2.92. The third kappa shape index (κ3) is 2.02. The molecule has 7 nitrogen and oxygen atoms in total. The molecule has 1 spiro atoms. The van der Waals surface area contributed by atoms with Crippen molar-refractivity contribution < 1.29 is 13.9 Å². The summed E-state index contributed by atoms with van der Waals surface area (Å²) in [6, 6.07) is 16.0. The van der Waals surface area contributed by atoms with Crippen LogP contribution in [0.2, 0.25) is 0 Å². The molecule has 1 atom stereocenters. The lowest BCUT2D eigenvalue weighted by Gasteiger charge is -2.33. The number of rotatable bonds is 2. The summed E-state index contributed by atoms with van der Waals surface area (Å²) in [5.41, 5.74) is 5.10. The largest absolute Gasteiger partial charge is 0.439 e. The molecule has 1 amide bonds. The molecule has 0 bridgehead atoms. The Morgan fingerprint density at radius 3 is 2.63 bits per heavy atom. The molecule has 1 aromatic heterocycles. The second-order valence-electron chi connectivity index (χ2n) is 7.27. The number of nitriles is 1. The Kier molecular flexibility index (Phi) is 3.74. The minimum absolute atomic E-state index is 0.0111. The molecule has 30 heavy (non-hydrogen) atoms. The van der Waals surface area contributed by atoms with Gasteiger partial charge in [-0.3, -0.25) is 4.79 Å². The number of nitrogens with two attached hydrogens (primary N) is 1. The molecular weight excluding hydrogens is 382 g/mol. The minimum atomic E-state index is -1.71. The fourth-order valence-electron chi connectivity index (χ4n) is 4.54. The summed E-state index contributed by atoms with van der Waals surface area (Å²) in [7, 11) is 0. The fraction of sp³-hybridized carbons (Fsp3) is 0.174. The van der Waals surface area contributed by atoms with Gasteiger partial charge in [0.05, 0.1) is 5.39 Å². The average molecular weight is 399 g/mol. The van der Waals surface area contributed by atoms with E-state index in [-0.39, 0.29) is 22.8 Å². The summed E-state index contributed by atoms with van der Waals surface area (Å²) in [5.74, 6) is -0.445. The second kappa shape index (κ2) is 6.22. The van der Waals surface area contributed by atoms with Crippen molar-refractivity contribution >= 4 is 22.6 Å². The second-order valence-corrected chi connectivity index (χ2v) is 7.27. The first-order chi connectivity index (χ1) is 14.6. The van der Waals surface area contributed by atoms with Crippen LogP contribution in [0.3, 0.4) is 0 Å². The summed E-state index contributed by atoms with van der Waals surface area (Å²) in [6.45, 7) is 2.39.